The molecule has 2 nitrogen and oxygen atoms in total. The molecular weight excluding hydrogens is 174 g/mol. The molecule has 2 unspecified atom stereocenters. The zero-order chi connectivity index (χ0) is 10.6. The molecule has 1 rings (SSSR count). The van der Waals surface area contributed by atoms with Crippen LogP contribution in [-0.4, -0.2) is 11.1 Å². The van der Waals surface area contributed by atoms with E-state index < -0.39 is 0 Å². The molecule has 0 saturated carbocycles. The van der Waals surface area contributed by atoms with Gasteiger partial charge in [0.25, 0.3) is 0 Å². The second kappa shape index (κ2) is 5.01. The van der Waals surface area contributed by atoms with Gasteiger partial charge < -0.3 is 10.8 Å². The third-order valence-electron chi connectivity index (χ3n) is 2.29. The first-order chi connectivity index (χ1) is 6.58. The summed E-state index contributed by atoms with van der Waals surface area (Å²) in [6.07, 6.45) is 2.07. The minimum absolute atomic E-state index is 0.266. The summed E-state index contributed by atoms with van der Waals surface area (Å²) in [4.78, 5) is 0. The van der Waals surface area contributed by atoms with E-state index in [-0.39, 0.29) is 6.04 Å². The molecule has 0 aromatic heterocycles. The van der Waals surface area contributed by atoms with Crippen molar-refractivity contribution >= 4 is 0 Å². The summed E-state index contributed by atoms with van der Waals surface area (Å²) in [6, 6.07) is 7.66. The third kappa shape index (κ3) is 3.79. The van der Waals surface area contributed by atoms with Crippen LogP contribution < -0.4 is 5.73 Å². The van der Waals surface area contributed by atoms with Gasteiger partial charge in [0.05, 0.1) is 0 Å². The summed E-state index contributed by atoms with van der Waals surface area (Å²) in [6.45, 7) is 4.24. The Morgan fingerprint density at radius 3 is 2.29 bits per heavy atom. The Bertz CT molecular complexity index is 266. The lowest BCUT2D eigenvalue weighted by atomic mass is 9.95. The number of hydrogen-bond donors (Lipinski definition) is 2. The van der Waals surface area contributed by atoms with E-state index in [2.05, 4.69) is 6.92 Å². The number of benzene rings is 1. The van der Waals surface area contributed by atoms with Crippen molar-refractivity contribution in [2.75, 3.05) is 0 Å². The van der Waals surface area contributed by atoms with Crippen molar-refractivity contribution in [2.45, 2.75) is 32.7 Å². The Hall–Kier alpha value is -1.02. The van der Waals surface area contributed by atoms with Gasteiger partial charge in [-0.1, -0.05) is 19.1 Å². The van der Waals surface area contributed by atoms with Crippen molar-refractivity contribution in [2.24, 2.45) is 11.7 Å². The van der Waals surface area contributed by atoms with Crippen LogP contribution in [0.4, 0.5) is 0 Å². The standard InChI is InChI=1S/C12H19NO/c1-9(7-10(2)13)8-11-3-5-12(14)6-4-11/h3-6,9-10,14H,7-8,13H2,1-2H3. The van der Waals surface area contributed by atoms with Gasteiger partial charge >= 0.3 is 0 Å². The molecular formula is C12H19NO. The fourth-order valence-electron chi connectivity index (χ4n) is 1.75. The first-order valence-corrected chi connectivity index (χ1v) is 5.11. The zero-order valence-electron chi connectivity index (χ0n) is 8.90. The molecule has 0 bridgehead atoms. The van der Waals surface area contributed by atoms with Crippen LogP contribution in [0.15, 0.2) is 24.3 Å². The van der Waals surface area contributed by atoms with Crippen LogP contribution in [0.5, 0.6) is 5.75 Å². The molecule has 0 aliphatic heterocycles. The largest absolute Gasteiger partial charge is 0.508 e. The summed E-state index contributed by atoms with van der Waals surface area (Å²) in [5.74, 6) is 0.924. The summed E-state index contributed by atoms with van der Waals surface area (Å²) < 4.78 is 0. The monoisotopic (exact) mass is 193 g/mol. The number of nitrogens with two attached hydrogens (primary N) is 1. The van der Waals surface area contributed by atoms with Gasteiger partial charge in [-0.15, -0.1) is 0 Å². The Labute approximate surface area is 85.8 Å². The van der Waals surface area contributed by atoms with Crippen molar-refractivity contribution in [1.29, 1.82) is 0 Å². The van der Waals surface area contributed by atoms with Crippen molar-refractivity contribution in [3.8, 4) is 5.75 Å². The molecule has 1 aromatic carbocycles. The quantitative estimate of drug-likeness (QED) is 0.770. The third-order valence-corrected chi connectivity index (χ3v) is 2.29. The smallest absolute Gasteiger partial charge is 0.115 e. The minimum Gasteiger partial charge on any atom is -0.508 e. The number of phenolic OH excluding ortho intramolecular Hbond substituents is 1. The lowest BCUT2D eigenvalue weighted by Crippen LogP contribution is -2.19. The molecule has 14 heavy (non-hydrogen) atoms. The molecule has 0 radical (unpaired) electrons. The molecule has 2 heteroatoms. The van der Waals surface area contributed by atoms with E-state index in [4.69, 9.17) is 10.8 Å². The Morgan fingerprint density at radius 2 is 1.79 bits per heavy atom. The van der Waals surface area contributed by atoms with Gasteiger partial charge in [0.15, 0.2) is 0 Å². The van der Waals surface area contributed by atoms with E-state index in [1.54, 1.807) is 12.1 Å². The topological polar surface area (TPSA) is 46.2 Å². The molecule has 0 saturated heterocycles. The number of phenols is 1. The summed E-state index contributed by atoms with van der Waals surface area (Å²) in [5.41, 5.74) is 6.99. The molecule has 3 N–H and O–H groups in total. The van der Waals surface area contributed by atoms with E-state index in [1.807, 2.05) is 19.1 Å². The zero-order valence-corrected chi connectivity index (χ0v) is 8.90. The highest BCUT2D eigenvalue weighted by molar-refractivity contribution is 5.26. The fourth-order valence-corrected chi connectivity index (χ4v) is 1.75. The van der Waals surface area contributed by atoms with Gasteiger partial charge in [-0.3, -0.25) is 0 Å². The van der Waals surface area contributed by atoms with Crippen LogP contribution in [0, 0.1) is 5.92 Å². The van der Waals surface area contributed by atoms with Crippen molar-refractivity contribution < 1.29 is 5.11 Å². The Kier molecular flexibility index (Phi) is 3.96. The van der Waals surface area contributed by atoms with Crippen LogP contribution in [0.2, 0.25) is 0 Å². The van der Waals surface area contributed by atoms with Crippen LogP contribution in [0.1, 0.15) is 25.8 Å². The molecule has 0 heterocycles. The van der Waals surface area contributed by atoms with Gasteiger partial charge in [-0.05, 0) is 43.4 Å². The maximum Gasteiger partial charge on any atom is 0.115 e. The molecule has 0 aliphatic carbocycles. The molecule has 0 fully saturated rings. The van der Waals surface area contributed by atoms with Crippen LogP contribution in [0.25, 0.3) is 0 Å². The van der Waals surface area contributed by atoms with Crippen LogP contribution >= 0.6 is 0 Å². The molecule has 1 aromatic rings. The van der Waals surface area contributed by atoms with Gasteiger partial charge in [-0.2, -0.15) is 0 Å². The Balaban J connectivity index is 2.47. The highest BCUT2D eigenvalue weighted by Gasteiger charge is 2.06. The van der Waals surface area contributed by atoms with Gasteiger partial charge in [0.1, 0.15) is 5.75 Å². The Morgan fingerprint density at radius 1 is 1.21 bits per heavy atom. The average Bonchev–Trinajstić information content (AvgIpc) is 2.07. The van der Waals surface area contributed by atoms with Gasteiger partial charge in [-0.25, -0.2) is 0 Å². The second-order valence-corrected chi connectivity index (χ2v) is 4.19. The van der Waals surface area contributed by atoms with Gasteiger partial charge in [0, 0.05) is 6.04 Å². The van der Waals surface area contributed by atoms with Crippen LogP contribution in [-0.2, 0) is 6.42 Å². The molecule has 0 aliphatic rings. The fraction of sp³-hybridized carbons (Fsp3) is 0.500. The first-order valence-electron chi connectivity index (χ1n) is 5.11. The number of aromatic hydroxyl groups is 1. The number of hydrogen-bond acceptors (Lipinski definition) is 2. The molecule has 0 spiro atoms. The lowest BCUT2D eigenvalue weighted by molar-refractivity contribution is 0.470. The lowest BCUT2D eigenvalue weighted by Gasteiger charge is -2.13. The summed E-state index contributed by atoms with van der Waals surface area (Å²) in [5, 5.41) is 9.12. The average molecular weight is 193 g/mol. The summed E-state index contributed by atoms with van der Waals surface area (Å²) >= 11 is 0. The van der Waals surface area contributed by atoms with E-state index in [9.17, 15) is 0 Å². The molecule has 2 atom stereocenters. The maximum absolute atomic E-state index is 9.12. The van der Waals surface area contributed by atoms with E-state index in [0.29, 0.717) is 11.7 Å². The van der Waals surface area contributed by atoms with Crippen molar-refractivity contribution in [3.05, 3.63) is 29.8 Å². The van der Waals surface area contributed by atoms with Crippen molar-refractivity contribution in [1.82, 2.24) is 0 Å². The summed E-state index contributed by atoms with van der Waals surface area (Å²) in [7, 11) is 0. The van der Waals surface area contributed by atoms with E-state index in [1.165, 1.54) is 5.56 Å². The number of rotatable bonds is 4. The highest BCUT2D eigenvalue weighted by Crippen LogP contribution is 2.15. The van der Waals surface area contributed by atoms with E-state index in [0.717, 1.165) is 12.8 Å². The highest BCUT2D eigenvalue weighted by atomic mass is 16.3. The molecule has 78 valence electrons. The van der Waals surface area contributed by atoms with Gasteiger partial charge in [0.2, 0.25) is 0 Å². The minimum atomic E-state index is 0.266. The predicted octanol–water partition coefficient (Wildman–Crippen LogP) is 2.31. The molecule has 0 amide bonds. The van der Waals surface area contributed by atoms with Crippen molar-refractivity contribution in [3.63, 3.8) is 0 Å². The second-order valence-electron chi connectivity index (χ2n) is 4.19. The SMILES string of the molecule is CC(N)CC(C)Cc1ccc(O)cc1. The van der Waals surface area contributed by atoms with Crippen LogP contribution in [0.3, 0.4) is 0 Å². The predicted molar refractivity (Wildman–Crippen MR) is 59.2 cm³/mol. The first kappa shape index (κ1) is 11.1. The maximum atomic E-state index is 9.12. The normalized spacial score (nSPS) is 15.1. The van der Waals surface area contributed by atoms with E-state index >= 15 is 0 Å².